The van der Waals surface area contributed by atoms with Crippen molar-refractivity contribution in [3.05, 3.63) is 35.5 Å². The van der Waals surface area contributed by atoms with Crippen molar-refractivity contribution in [3.8, 4) is 11.5 Å². The lowest BCUT2D eigenvalue weighted by Gasteiger charge is -2.07. The van der Waals surface area contributed by atoms with Crippen LogP contribution in [0.4, 0.5) is 5.82 Å². The van der Waals surface area contributed by atoms with Crippen LogP contribution < -0.4 is 4.74 Å². The van der Waals surface area contributed by atoms with Crippen molar-refractivity contribution in [1.82, 2.24) is 10.2 Å². The van der Waals surface area contributed by atoms with Gasteiger partial charge in [0.05, 0.1) is 6.61 Å². The second-order valence-corrected chi connectivity index (χ2v) is 6.71. The minimum Gasteiger partial charge on any atom is -0.507 e. The van der Waals surface area contributed by atoms with E-state index in [0.29, 0.717) is 23.7 Å². The fraction of sp³-hybridized carbons (Fsp3) is 0.524. The molecule has 5 nitrogen and oxygen atoms in total. The van der Waals surface area contributed by atoms with E-state index >= 15 is 0 Å². The number of phenolic OH excluding ortho intramolecular Hbond substituents is 1. The van der Waals surface area contributed by atoms with Gasteiger partial charge in [0, 0.05) is 29.6 Å². The molecule has 0 unspecified atom stereocenters. The van der Waals surface area contributed by atoms with Crippen molar-refractivity contribution < 1.29 is 9.84 Å². The van der Waals surface area contributed by atoms with E-state index in [0.717, 1.165) is 12.1 Å². The number of hydrogen-bond donors (Lipinski definition) is 2. The Hall–Kier alpha value is -2.30. The fourth-order valence-corrected chi connectivity index (χ4v) is 2.75. The van der Waals surface area contributed by atoms with Crippen molar-refractivity contribution in [3.63, 3.8) is 0 Å². The molecule has 2 aromatic rings. The van der Waals surface area contributed by atoms with E-state index in [1.54, 1.807) is 18.3 Å². The van der Waals surface area contributed by atoms with Crippen LogP contribution in [0.25, 0.3) is 0 Å². The number of aromatic nitrogens is 2. The van der Waals surface area contributed by atoms with Gasteiger partial charge >= 0.3 is 0 Å². The van der Waals surface area contributed by atoms with Gasteiger partial charge in [0.1, 0.15) is 11.5 Å². The van der Waals surface area contributed by atoms with Crippen LogP contribution in [-0.4, -0.2) is 28.1 Å². The molecule has 0 fully saturated rings. The first-order chi connectivity index (χ1) is 12.7. The SMILES string of the molecule is CCCCCCCCCCOc1ccc(C=Nc2cc(C)[nH]n2)c(O)c1. The van der Waals surface area contributed by atoms with Crippen LogP contribution in [0.15, 0.2) is 29.3 Å². The number of ether oxygens (including phenoxy) is 1. The highest BCUT2D eigenvalue weighted by Crippen LogP contribution is 2.23. The van der Waals surface area contributed by atoms with E-state index < -0.39 is 0 Å². The first-order valence-electron chi connectivity index (χ1n) is 9.71. The number of aromatic amines is 1. The zero-order chi connectivity index (χ0) is 18.6. The average Bonchev–Trinajstić information content (AvgIpc) is 3.05. The molecular formula is C21H31N3O2. The Balaban J connectivity index is 1.68. The van der Waals surface area contributed by atoms with Gasteiger partial charge in [0.2, 0.25) is 0 Å². The van der Waals surface area contributed by atoms with E-state index in [9.17, 15) is 5.11 Å². The van der Waals surface area contributed by atoms with Crippen LogP contribution in [0.5, 0.6) is 11.5 Å². The maximum Gasteiger partial charge on any atom is 0.173 e. The Morgan fingerprint density at radius 2 is 1.81 bits per heavy atom. The average molecular weight is 357 g/mol. The summed E-state index contributed by atoms with van der Waals surface area (Å²) in [5.41, 5.74) is 1.59. The number of hydrogen-bond acceptors (Lipinski definition) is 4. The first kappa shape index (κ1) is 20.0. The van der Waals surface area contributed by atoms with Crippen LogP contribution in [0, 0.1) is 6.92 Å². The van der Waals surface area contributed by atoms with Crippen LogP contribution in [-0.2, 0) is 0 Å². The molecule has 5 heteroatoms. The van der Waals surface area contributed by atoms with Gasteiger partial charge in [-0.2, -0.15) is 5.10 Å². The molecule has 0 radical (unpaired) electrons. The molecule has 0 atom stereocenters. The number of aromatic hydroxyl groups is 1. The molecule has 0 amide bonds. The van der Waals surface area contributed by atoms with Crippen LogP contribution in [0.1, 0.15) is 69.5 Å². The molecular weight excluding hydrogens is 326 g/mol. The van der Waals surface area contributed by atoms with Gasteiger partial charge in [-0.25, -0.2) is 4.99 Å². The summed E-state index contributed by atoms with van der Waals surface area (Å²) in [4.78, 5) is 4.24. The van der Waals surface area contributed by atoms with Crippen LogP contribution in [0.3, 0.4) is 0 Å². The van der Waals surface area contributed by atoms with Crippen LogP contribution in [0.2, 0.25) is 0 Å². The Morgan fingerprint density at radius 3 is 2.46 bits per heavy atom. The number of benzene rings is 1. The molecule has 142 valence electrons. The van der Waals surface area contributed by atoms with E-state index in [-0.39, 0.29) is 5.75 Å². The second kappa shape index (κ2) is 11.3. The summed E-state index contributed by atoms with van der Waals surface area (Å²) in [6.07, 6.45) is 11.8. The highest BCUT2D eigenvalue weighted by Gasteiger charge is 2.02. The topological polar surface area (TPSA) is 70.5 Å². The summed E-state index contributed by atoms with van der Waals surface area (Å²) in [6.45, 7) is 4.85. The summed E-state index contributed by atoms with van der Waals surface area (Å²) in [6, 6.07) is 7.15. The van der Waals surface area contributed by atoms with Crippen molar-refractivity contribution in [2.45, 2.75) is 65.2 Å². The molecule has 1 aromatic carbocycles. The summed E-state index contributed by atoms with van der Waals surface area (Å²) >= 11 is 0. The highest BCUT2D eigenvalue weighted by atomic mass is 16.5. The van der Waals surface area contributed by atoms with Crippen molar-refractivity contribution in [1.29, 1.82) is 0 Å². The van der Waals surface area contributed by atoms with Gasteiger partial charge in [-0.05, 0) is 25.5 Å². The van der Waals surface area contributed by atoms with E-state index in [2.05, 4.69) is 22.1 Å². The van der Waals surface area contributed by atoms with Gasteiger partial charge < -0.3 is 9.84 Å². The molecule has 0 saturated heterocycles. The van der Waals surface area contributed by atoms with Gasteiger partial charge in [-0.3, -0.25) is 5.10 Å². The molecule has 2 rings (SSSR count). The second-order valence-electron chi connectivity index (χ2n) is 6.71. The molecule has 0 bridgehead atoms. The number of nitrogens with one attached hydrogen (secondary N) is 1. The Bertz CT molecular complexity index is 680. The third-order valence-corrected chi connectivity index (χ3v) is 4.30. The zero-order valence-corrected chi connectivity index (χ0v) is 16.0. The summed E-state index contributed by atoms with van der Waals surface area (Å²) < 4.78 is 5.73. The number of nitrogens with zero attached hydrogens (tertiary/aromatic N) is 2. The molecule has 0 aliphatic heterocycles. The van der Waals surface area contributed by atoms with E-state index in [1.165, 1.54) is 44.9 Å². The smallest absolute Gasteiger partial charge is 0.173 e. The van der Waals surface area contributed by atoms with Gasteiger partial charge in [0.25, 0.3) is 0 Å². The standard InChI is InChI=1S/C21H31N3O2/c1-3-4-5-6-7-8-9-10-13-26-19-12-11-18(20(25)15-19)16-22-21-14-17(2)23-24-21/h11-12,14-16,25H,3-10,13H2,1-2H3,(H,23,24). The van der Waals surface area contributed by atoms with E-state index in [4.69, 9.17) is 4.74 Å². The molecule has 1 heterocycles. The largest absolute Gasteiger partial charge is 0.507 e. The predicted molar refractivity (Wildman–Crippen MR) is 107 cm³/mol. The van der Waals surface area contributed by atoms with Crippen molar-refractivity contribution in [2.75, 3.05) is 6.61 Å². The van der Waals surface area contributed by atoms with Gasteiger partial charge in [0.15, 0.2) is 5.82 Å². The number of aryl methyl sites for hydroxylation is 1. The molecule has 26 heavy (non-hydrogen) atoms. The van der Waals surface area contributed by atoms with Crippen molar-refractivity contribution in [2.24, 2.45) is 4.99 Å². The zero-order valence-electron chi connectivity index (χ0n) is 16.0. The monoisotopic (exact) mass is 357 g/mol. The number of H-pyrrole nitrogens is 1. The normalized spacial score (nSPS) is 11.3. The van der Waals surface area contributed by atoms with E-state index in [1.807, 2.05) is 19.1 Å². The lowest BCUT2D eigenvalue weighted by Crippen LogP contribution is -1.97. The Morgan fingerprint density at radius 1 is 1.08 bits per heavy atom. The van der Waals surface area contributed by atoms with Crippen molar-refractivity contribution >= 4 is 12.0 Å². The summed E-state index contributed by atoms with van der Waals surface area (Å²) in [5.74, 6) is 1.45. The maximum atomic E-state index is 10.1. The number of phenols is 1. The highest BCUT2D eigenvalue weighted by molar-refractivity contribution is 5.85. The minimum atomic E-state index is 0.162. The molecule has 0 aliphatic rings. The molecule has 0 aliphatic carbocycles. The number of rotatable bonds is 12. The van der Waals surface area contributed by atoms with Gasteiger partial charge in [-0.1, -0.05) is 51.9 Å². The lowest BCUT2D eigenvalue weighted by atomic mass is 10.1. The fourth-order valence-electron chi connectivity index (χ4n) is 2.75. The maximum absolute atomic E-state index is 10.1. The third-order valence-electron chi connectivity index (χ3n) is 4.30. The predicted octanol–water partition coefficient (Wildman–Crippen LogP) is 5.69. The van der Waals surface area contributed by atoms with Gasteiger partial charge in [-0.15, -0.1) is 0 Å². The number of aliphatic imine (C=N–C) groups is 1. The summed E-state index contributed by atoms with van der Waals surface area (Å²) in [7, 11) is 0. The first-order valence-corrected chi connectivity index (χ1v) is 9.71. The lowest BCUT2D eigenvalue weighted by molar-refractivity contribution is 0.302. The molecule has 1 aromatic heterocycles. The Kier molecular flexibility index (Phi) is 8.73. The molecule has 2 N–H and O–H groups in total. The third kappa shape index (κ3) is 7.30. The van der Waals surface area contributed by atoms with Crippen LogP contribution >= 0.6 is 0 Å². The quantitative estimate of drug-likeness (QED) is 0.378. The summed E-state index contributed by atoms with van der Waals surface area (Å²) in [5, 5.41) is 17.0. The Labute approximate surface area is 156 Å². The minimum absolute atomic E-state index is 0.162. The number of unbranched alkanes of at least 4 members (excludes halogenated alkanes) is 7. The molecule has 0 spiro atoms. The molecule has 0 saturated carbocycles.